The number of benzene rings is 1. The SMILES string of the molecule is CNc1cncnc1Nc1ccc2c(c1OC)CNC2=O. The topological polar surface area (TPSA) is 88.2 Å². The zero-order valence-electron chi connectivity index (χ0n) is 11.7. The number of carbonyl (C=O) groups is 1. The molecule has 1 aromatic carbocycles. The smallest absolute Gasteiger partial charge is 0.252 e. The van der Waals surface area contributed by atoms with Gasteiger partial charge in [-0.3, -0.25) is 4.79 Å². The van der Waals surface area contributed by atoms with Crippen LogP contribution in [-0.2, 0) is 6.54 Å². The third-order valence-electron chi connectivity index (χ3n) is 3.37. The molecule has 2 aromatic rings. The van der Waals surface area contributed by atoms with E-state index in [-0.39, 0.29) is 5.91 Å². The van der Waals surface area contributed by atoms with Gasteiger partial charge in [0.15, 0.2) is 5.82 Å². The van der Waals surface area contributed by atoms with Gasteiger partial charge in [0.1, 0.15) is 12.1 Å². The maximum absolute atomic E-state index is 11.7. The standard InChI is InChI=1S/C14H15N5O2/c1-15-11-6-16-7-18-13(11)19-10-4-3-8-9(12(10)21-2)5-17-14(8)20/h3-4,6-7,15H,5H2,1-2H3,(H,17,20)(H,16,18,19). The van der Waals surface area contributed by atoms with Gasteiger partial charge in [-0.05, 0) is 12.1 Å². The van der Waals surface area contributed by atoms with Gasteiger partial charge in [-0.15, -0.1) is 0 Å². The average molecular weight is 285 g/mol. The Morgan fingerprint density at radius 1 is 1.33 bits per heavy atom. The molecule has 7 nitrogen and oxygen atoms in total. The Balaban J connectivity index is 2.02. The van der Waals surface area contributed by atoms with Crippen molar-refractivity contribution in [3.63, 3.8) is 0 Å². The van der Waals surface area contributed by atoms with Crippen LogP contribution in [0.4, 0.5) is 17.2 Å². The normalized spacial score (nSPS) is 12.6. The first-order valence-electron chi connectivity index (χ1n) is 6.47. The Labute approximate surface area is 121 Å². The summed E-state index contributed by atoms with van der Waals surface area (Å²) in [7, 11) is 3.38. The molecule has 1 aromatic heterocycles. The number of anilines is 3. The molecule has 0 aliphatic carbocycles. The number of ether oxygens (including phenoxy) is 1. The van der Waals surface area contributed by atoms with E-state index in [1.165, 1.54) is 6.33 Å². The second kappa shape index (κ2) is 5.28. The Hall–Kier alpha value is -2.83. The van der Waals surface area contributed by atoms with Crippen molar-refractivity contribution in [3.05, 3.63) is 35.8 Å². The maximum atomic E-state index is 11.7. The molecule has 1 aliphatic heterocycles. The minimum atomic E-state index is -0.0761. The monoisotopic (exact) mass is 285 g/mol. The summed E-state index contributed by atoms with van der Waals surface area (Å²) < 4.78 is 5.46. The lowest BCUT2D eigenvalue weighted by atomic mass is 10.1. The van der Waals surface area contributed by atoms with Crippen molar-refractivity contribution in [1.82, 2.24) is 15.3 Å². The highest BCUT2D eigenvalue weighted by atomic mass is 16.5. The third kappa shape index (κ3) is 2.22. The summed E-state index contributed by atoms with van der Waals surface area (Å²) in [4.78, 5) is 19.9. The molecule has 0 spiro atoms. The number of carbonyl (C=O) groups excluding carboxylic acids is 1. The lowest BCUT2D eigenvalue weighted by Gasteiger charge is -2.15. The molecule has 21 heavy (non-hydrogen) atoms. The zero-order valence-corrected chi connectivity index (χ0v) is 11.7. The van der Waals surface area contributed by atoms with Crippen LogP contribution < -0.4 is 20.7 Å². The quantitative estimate of drug-likeness (QED) is 0.789. The van der Waals surface area contributed by atoms with E-state index in [0.29, 0.717) is 23.7 Å². The lowest BCUT2D eigenvalue weighted by molar-refractivity contribution is 0.0966. The Bertz CT molecular complexity index is 702. The van der Waals surface area contributed by atoms with Gasteiger partial charge in [-0.1, -0.05) is 0 Å². The van der Waals surface area contributed by atoms with Gasteiger partial charge in [0.05, 0.1) is 24.7 Å². The van der Waals surface area contributed by atoms with E-state index in [1.54, 1.807) is 26.4 Å². The predicted octanol–water partition coefficient (Wildman–Crippen LogP) is 1.51. The highest BCUT2D eigenvalue weighted by Gasteiger charge is 2.24. The predicted molar refractivity (Wildman–Crippen MR) is 79.0 cm³/mol. The van der Waals surface area contributed by atoms with Crippen LogP contribution in [0.3, 0.4) is 0 Å². The van der Waals surface area contributed by atoms with E-state index in [9.17, 15) is 4.79 Å². The number of methoxy groups -OCH3 is 1. The molecule has 108 valence electrons. The van der Waals surface area contributed by atoms with Crippen LogP contribution in [0.15, 0.2) is 24.7 Å². The Kier molecular flexibility index (Phi) is 3.31. The number of hydrogen-bond donors (Lipinski definition) is 3. The molecular weight excluding hydrogens is 270 g/mol. The second-order valence-electron chi connectivity index (χ2n) is 4.52. The van der Waals surface area contributed by atoms with E-state index < -0.39 is 0 Å². The summed E-state index contributed by atoms with van der Waals surface area (Å²) in [6, 6.07) is 3.59. The molecule has 1 aliphatic rings. The van der Waals surface area contributed by atoms with E-state index in [0.717, 1.165) is 16.9 Å². The minimum absolute atomic E-state index is 0.0761. The first-order valence-corrected chi connectivity index (χ1v) is 6.47. The Morgan fingerprint density at radius 3 is 2.95 bits per heavy atom. The number of aromatic nitrogens is 2. The fourth-order valence-electron chi connectivity index (χ4n) is 2.35. The molecule has 7 heteroatoms. The number of nitrogens with zero attached hydrogens (tertiary/aromatic N) is 2. The molecule has 0 bridgehead atoms. The van der Waals surface area contributed by atoms with Crippen molar-refractivity contribution < 1.29 is 9.53 Å². The van der Waals surface area contributed by atoms with E-state index in [2.05, 4.69) is 25.9 Å². The molecule has 2 heterocycles. The summed E-state index contributed by atoms with van der Waals surface area (Å²) in [6.45, 7) is 0.468. The molecule has 3 rings (SSSR count). The number of amides is 1. The number of rotatable bonds is 4. The number of hydrogen-bond acceptors (Lipinski definition) is 6. The molecule has 0 saturated carbocycles. The van der Waals surface area contributed by atoms with Crippen molar-refractivity contribution in [2.24, 2.45) is 0 Å². The fourth-order valence-corrected chi connectivity index (χ4v) is 2.35. The zero-order chi connectivity index (χ0) is 14.8. The van der Waals surface area contributed by atoms with Gasteiger partial charge in [0.2, 0.25) is 0 Å². The van der Waals surface area contributed by atoms with Crippen LogP contribution >= 0.6 is 0 Å². The van der Waals surface area contributed by atoms with Gasteiger partial charge in [-0.25, -0.2) is 9.97 Å². The molecule has 0 radical (unpaired) electrons. The molecule has 3 N–H and O–H groups in total. The average Bonchev–Trinajstić information content (AvgIpc) is 2.89. The number of fused-ring (bicyclic) bond motifs is 1. The van der Waals surface area contributed by atoms with Crippen molar-refractivity contribution >= 4 is 23.1 Å². The lowest BCUT2D eigenvalue weighted by Crippen LogP contribution is -2.12. The van der Waals surface area contributed by atoms with Crippen molar-refractivity contribution in [2.75, 3.05) is 24.8 Å². The molecular formula is C14H15N5O2. The van der Waals surface area contributed by atoms with E-state index in [1.807, 2.05) is 6.07 Å². The van der Waals surface area contributed by atoms with Crippen LogP contribution in [-0.4, -0.2) is 30.0 Å². The van der Waals surface area contributed by atoms with Crippen molar-refractivity contribution in [3.8, 4) is 5.75 Å². The van der Waals surface area contributed by atoms with Gasteiger partial charge >= 0.3 is 0 Å². The van der Waals surface area contributed by atoms with Crippen LogP contribution in [0.2, 0.25) is 0 Å². The highest BCUT2D eigenvalue weighted by Crippen LogP contribution is 2.36. The summed E-state index contributed by atoms with van der Waals surface area (Å²) in [6.07, 6.45) is 3.15. The summed E-state index contributed by atoms with van der Waals surface area (Å²) >= 11 is 0. The van der Waals surface area contributed by atoms with Gasteiger partial charge < -0.3 is 20.7 Å². The van der Waals surface area contributed by atoms with Gasteiger partial charge in [0, 0.05) is 24.7 Å². The minimum Gasteiger partial charge on any atom is -0.494 e. The van der Waals surface area contributed by atoms with Crippen molar-refractivity contribution in [2.45, 2.75) is 6.54 Å². The van der Waals surface area contributed by atoms with Crippen LogP contribution in [0.5, 0.6) is 5.75 Å². The van der Waals surface area contributed by atoms with Crippen molar-refractivity contribution in [1.29, 1.82) is 0 Å². The molecule has 1 amide bonds. The first-order chi connectivity index (χ1) is 10.2. The molecule has 0 fully saturated rings. The summed E-state index contributed by atoms with van der Waals surface area (Å²) in [5.74, 6) is 1.21. The van der Waals surface area contributed by atoms with Gasteiger partial charge in [-0.2, -0.15) is 0 Å². The van der Waals surface area contributed by atoms with E-state index in [4.69, 9.17) is 4.74 Å². The first kappa shape index (κ1) is 13.2. The molecule has 0 atom stereocenters. The van der Waals surface area contributed by atoms with Crippen LogP contribution in [0.25, 0.3) is 0 Å². The second-order valence-corrected chi connectivity index (χ2v) is 4.52. The molecule has 0 unspecified atom stereocenters. The summed E-state index contributed by atoms with van der Waals surface area (Å²) in [5.41, 5.74) is 3.03. The largest absolute Gasteiger partial charge is 0.494 e. The maximum Gasteiger partial charge on any atom is 0.252 e. The third-order valence-corrected chi connectivity index (χ3v) is 3.37. The Morgan fingerprint density at radius 2 is 2.19 bits per heavy atom. The highest BCUT2D eigenvalue weighted by molar-refractivity contribution is 6.00. The molecule has 0 saturated heterocycles. The summed E-state index contributed by atoms with van der Waals surface area (Å²) in [5, 5.41) is 9.02. The van der Waals surface area contributed by atoms with E-state index >= 15 is 0 Å². The van der Waals surface area contributed by atoms with Gasteiger partial charge in [0.25, 0.3) is 5.91 Å². The fraction of sp³-hybridized carbons (Fsp3) is 0.214. The number of nitrogens with one attached hydrogen (secondary N) is 3. The van der Waals surface area contributed by atoms with Crippen LogP contribution in [0, 0.1) is 0 Å². The van der Waals surface area contributed by atoms with Crippen LogP contribution in [0.1, 0.15) is 15.9 Å².